The van der Waals surface area contributed by atoms with Crippen LogP contribution < -0.4 is 0 Å². The van der Waals surface area contributed by atoms with Gasteiger partial charge in [0, 0.05) is 37.1 Å². The van der Waals surface area contributed by atoms with E-state index in [1.165, 1.54) is 5.56 Å². The van der Waals surface area contributed by atoms with Gasteiger partial charge < -0.3 is 14.6 Å². The molecule has 0 radical (unpaired) electrons. The number of rotatable bonds is 2. The van der Waals surface area contributed by atoms with E-state index < -0.39 is 11.4 Å². The summed E-state index contributed by atoms with van der Waals surface area (Å²) in [5.74, 6) is 1.73. The van der Waals surface area contributed by atoms with Gasteiger partial charge in [-0.3, -0.25) is 9.78 Å². The van der Waals surface area contributed by atoms with Gasteiger partial charge in [0.1, 0.15) is 5.78 Å². The number of hydrogen-bond acceptors (Lipinski definition) is 5. The van der Waals surface area contributed by atoms with Gasteiger partial charge in [-0.2, -0.15) is 0 Å². The molecule has 2 aromatic rings. The Morgan fingerprint density at radius 3 is 2.54 bits per heavy atom. The van der Waals surface area contributed by atoms with Crippen LogP contribution in [0.15, 0.2) is 48.8 Å². The lowest BCUT2D eigenvalue weighted by molar-refractivity contribution is -0.271. The Kier molecular flexibility index (Phi) is 5.49. The Labute approximate surface area is 220 Å². The highest BCUT2D eigenvalue weighted by atomic mass is 16.7. The number of nitrogens with zero attached hydrogens (tertiary/aromatic N) is 1. The first-order valence-electron chi connectivity index (χ1n) is 14.4. The highest BCUT2D eigenvalue weighted by Gasteiger charge is 2.66. The number of ether oxygens (including phenoxy) is 2. The van der Waals surface area contributed by atoms with Crippen molar-refractivity contribution in [1.82, 2.24) is 4.98 Å². The zero-order valence-electron chi connectivity index (χ0n) is 22.1. The van der Waals surface area contributed by atoms with Crippen LogP contribution in [0.5, 0.6) is 0 Å². The molecule has 5 nitrogen and oxygen atoms in total. The topological polar surface area (TPSA) is 68.7 Å². The molecule has 1 N–H and O–H groups in total. The van der Waals surface area contributed by atoms with Gasteiger partial charge in [-0.25, -0.2) is 0 Å². The van der Waals surface area contributed by atoms with E-state index in [0.29, 0.717) is 49.6 Å². The summed E-state index contributed by atoms with van der Waals surface area (Å²) in [5.41, 5.74) is 2.54. The Morgan fingerprint density at radius 2 is 1.81 bits per heavy atom. The fraction of sp³-hybridized carbons (Fsp3) is 0.625. The summed E-state index contributed by atoms with van der Waals surface area (Å²) in [4.78, 5) is 17.6. The Morgan fingerprint density at radius 1 is 1.03 bits per heavy atom. The number of aromatic nitrogens is 1. The van der Waals surface area contributed by atoms with E-state index >= 15 is 0 Å². The normalized spacial score (nSPS) is 42.3. The van der Waals surface area contributed by atoms with E-state index in [1.54, 1.807) is 6.20 Å². The molecule has 1 aromatic carbocycles. The number of fused-ring (bicyclic) bond motifs is 5. The van der Waals surface area contributed by atoms with Crippen LogP contribution in [0, 0.1) is 35.0 Å². The standard InChI is InChI=1S/C32H39NO4/c1-20-16-24-26-9-10-28(34)30(26,2)17-25(22-7-5-21(6-8-22)23-4-3-13-33-18-23)29(24)27-11-12-31(19-32(20,27)35)36-14-15-37-31/h3-8,13,18,20,24-27,29,35H,9-12,14-17,19H2,1-2H3/t20-,24+,25-,26+,27-,29-,30+,32+/m1/s1. The van der Waals surface area contributed by atoms with Crippen LogP contribution in [0.1, 0.15) is 70.3 Å². The molecule has 5 aliphatic rings. The third-order valence-corrected chi connectivity index (χ3v) is 11.4. The SMILES string of the molecule is C[C@@H]1C[C@@H]2[C@H]([C@@H](c3ccc(-c4cccnc4)cc3)C[C@]3(C)C(=O)CC[C@@H]23)[C@H]2CCC3(C[C@]12O)OCCO3. The number of ketones is 1. The molecule has 0 unspecified atom stereocenters. The molecule has 5 heteroatoms. The zero-order chi connectivity index (χ0) is 25.4. The van der Waals surface area contributed by atoms with Gasteiger partial charge in [0.2, 0.25) is 0 Å². The molecule has 7 rings (SSSR count). The zero-order valence-corrected chi connectivity index (χ0v) is 22.1. The smallest absolute Gasteiger partial charge is 0.171 e. The second-order valence-corrected chi connectivity index (χ2v) is 13.0. The van der Waals surface area contributed by atoms with Gasteiger partial charge in [0.05, 0.1) is 18.8 Å². The van der Waals surface area contributed by atoms with Crippen molar-refractivity contribution in [3.05, 3.63) is 54.4 Å². The maximum atomic E-state index is 13.3. The molecular weight excluding hydrogens is 462 g/mol. The predicted molar refractivity (Wildman–Crippen MR) is 141 cm³/mol. The highest BCUT2D eigenvalue weighted by Crippen LogP contribution is 2.67. The van der Waals surface area contributed by atoms with Crippen molar-refractivity contribution in [2.45, 2.75) is 76.1 Å². The number of benzene rings is 1. The summed E-state index contributed by atoms with van der Waals surface area (Å²) in [6.07, 6.45) is 9.64. The monoisotopic (exact) mass is 501 g/mol. The van der Waals surface area contributed by atoms with Gasteiger partial charge in [-0.05, 0) is 83.9 Å². The quantitative estimate of drug-likeness (QED) is 0.566. The van der Waals surface area contributed by atoms with Crippen LogP contribution >= 0.6 is 0 Å². The lowest BCUT2D eigenvalue weighted by atomic mass is 9.43. The fourth-order valence-corrected chi connectivity index (χ4v) is 9.60. The fourth-order valence-electron chi connectivity index (χ4n) is 9.60. The van der Waals surface area contributed by atoms with Crippen molar-refractivity contribution in [2.24, 2.45) is 35.0 Å². The van der Waals surface area contributed by atoms with E-state index in [-0.39, 0.29) is 23.2 Å². The molecule has 4 saturated carbocycles. The summed E-state index contributed by atoms with van der Waals surface area (Å²) in [7, 11) is 0. The predicted octanol–water partition coefficient (Wildman–Crippen LogP) is 5.77. The highest BCUT2D eigenvalue weighted by molar-refractivity contribution is 5.87. The van der Waals surface area contributed by atoms with Gasteiger partial charge in [0.25, 0.3) is 0 Å². The number of hydrogen-bond donors (Lipinski definition) is 1. The first-order valence-corrected chi connectivity index (χ1v) is 14.4. The first-order chi connectivity index (χ1) is 17.8. The summed E-state index contributed by atoms with van der Waals surface area (Å²) >= 11 is 0. The Balaban J connectivity index is 1.28. The van der Waals surface area contributed by atoms with Gasteiger partial charge in [0.15, 0.2) is 5.79 Å². The maximum absolute atomic E-state index is 13.3. The largest absolute Gasteiger partial charge is 0.389 e. The molecule has 1 aliphatic heterocycles. The van der Waals surface area contributed by atoms with Crippen molar-refractivity contribution < 1.29 is 19.4 Å². The van der Waals surface area contributed by atoms with Crippen LogP contribution in [0.4, 0.5) is 0 Å². The van der Waals surface area contributed by atoms with Crippen LogP contribution in [0.25, 0.3) is 11.1 Å². The molecule has 5 fully saturated rings. The lowest BCUT2D eigenvalue weighted by Gasteiger charge is -2.63. The molecule has 2 heterocycles. The third kappa shape index (κ3) is 3.53. The molecule has 37 heavy (non-hydrogen) atoms. The molecule has 4 aliphatic carbocycles. The van der Waals surface area contributed by atoms with Crippen LogP contribution in [-0.4, -0.2) is 40.5 Å². The van der Waals surface area contributed by atoms with Crippen molar-refractivity contribution >= 4 is 5.78 Å². The van der Waals surface area contributed by atoms with Gasteiger partial charge in [-0.1, -0.05) is 44.2 Å². The van der Waals surface area contributed by atoms with Crippen molar-refractivity contribution in [1.29, 1.82) is 0 Å². The average Bonchev–Trinajstić information content (AvgIpc) is 3.48. The average molecular weight is 502 g/mol. The van der Waals surface area contributed by atoms with Crippen LogP contribution in [0.2, 0.25) is 0 Å². The third-order valence-electron chi connectivity index (χ3n) is 11.4. The van der Waals surface area contributed by atoms with Crippen molar-refractivity contribution in [3.63, 3.8) is 0 Å². The van der Waals surface area contributed by atoms with E-state index in [0.717, 1.165) is 43.2 Å². The number of aliphatic hydroxyl groups is 1. The minimum Gasteiger partial charge on any atom is -0.389 e. The molecule has 0 bridgehead atoms. The Bertz CT molecular complexity index is 1180. The maximum Gasteiger partial charge on any atom is 0.171 e. The molecule has 1 saturated heterocycles. The van der Waals surface area contributed by atoms with Gasteiger partial charge in [-0.15, -0.1) is 0 Å². The summed E-state index contributed by atoms with van der Waals surface area (Å²) in [5, 5.41) is 12.4. The van der Waals surface area contributed by atoms with E-state index in [9.17, 15) is 9.90 Å². The number of carbonyl (C=O) groups excluding carboxylic acids is 1. The molecule has 196 valence electrons. The first kappa shape index (κ1) is 24.0. The number of carbonyl (C=O) groups is 1. The van der Waals surface area contributed by atoms with Crippen molar-refractivity contribution in [3.8, 4) is 11.1 Å². The summed E-state index contributed by atoms with van der Waals surface area (Å²) < 4.78 is 12.2. The molecule has 8 atom stereocenters. The van der Waals surface area contributed by atoms with Crippen LogP contribution in [0.3, 0.4) is 0 Å². The lowest BCUT2D eigenvalue weighted by Crippen LogP contribution is -2.64. The van der Waals surface area contributed by atoms with Crippen molar-refractivity contribution in [2.75, 3.05) is 13.2 Å². The molecule has 0 amide bonds. The number of Topliss-reactive ketones (excluding diaryl/α,β-unsaturated/α-hetero) is 1. The summed E-state index contributed by atoms with van der Waals surface area (Å²) in [6.45, 7) is 5.73. The van der Waals surface area contributed by atoms with E-state index in [4.69, 9.17) is 9.47 Å². The molecule has 1 spiro atoms. The second kappa shape index (κ2) is 8.46. The van der Waals surface area contributed by atoms with E-state index in [1.807, 2.05) is 12.3 Å². The summed E-state index contributed by atoms with van der Waals surface area (Å²) in [6, 6.07) is 13.0. The minimum atomic E-state index is -0.798. The Hall–Kier alpha value is -2.08. The van der Waals surface area contributed by atoms with E-state index in [2.05, 4.69) is 49.2 Å². The second-order valence-electron chi connectivity index (χ2n) is 13.0. The number of pyridine rings is 1. The molecule has 1 aromatic heterocycles. The van der Waals surface area contributed by atoms with Gasteiger partial charge >= 0.3 is 0 Å². The van der Waals surface area contributed by atoms with Crippen LogP contribution in [-0.2, 0) is 14.3 Å². The molecular formula is C32H39NO4. The minimum absolute atomic E-state index is 0.162.